The molecule has 8 aliphatic heterocycles. The number of carbonyl (C=O) groups is 8. The van der Waals surface area contributed by atoms with E-state index in [1.807, 2.05) is 91.0 Å². The summed E-state index contributed by atoms with van der Waals surface area (Å²) < 4.78 is 17.4. The number of amides is 4. The summed E-state index contributed by atoms with van der Waals surface area (Å²) in [6.07, 6.45) is 18.6. The van der Waals surface area contributed by atoms with E-state index in [2.05, 4.69) is 123 Å². The van der Waals surface area contributed by atoms with E-state index in [1.165, 1.54) is 76.4 Å². The van der Waals surface area contributed by atoms with Crippen molar-refractivity contribution in [2.24, 2.45) is 0 Å². The maximum absolute atomic E-state index is 12.7. The zero-order chi connectivity index (χ0) is 86.2. The summed E-state index contributed by atoms with van der Waals surface area (Å²) in [5.74, 6) is -2.09. The van der Waals surface area contributed by atoms with Crippen molar-refractivity contribution >= 4 is 231 Å². The van der Waals surface area contributed by atoms with E-state index in [9.17, 15) is 38.4 Å². The molecular weight excluding hydrogens is 1710 g/mol. The third kappa shape index (κ3) is 17.6. The van der Waals surface area contributed by atoms with E-state index in [0.717, 1.165) is 157 Å². The van der Waals surface area contributed by atoms with Crippen molar-refractivity contribution in [1.29, 1.82) is 0 Å². The fraction of sp³-hybridized carbons (Fsp3) is 0.261. The molecule has 8 aromatic carbocycles. The summed E-state index contributed by atoms with van der Waals surface area (Å²) in [5, 5.41) is 36.0. The Morgan fingerprint density at radius 3 is 1.07 bits per heavy atom. The number of thioether (sulfide) groups is 4. The molecule has 4 saturated heterocycles. The minimum atomic E-state index is -1.09. The lowest BCUT2D eigenvalue weighted by Crippen LogP contribution is -2.33. The summed E-state index contributed by atoms with van der Waals surface area (Å²) in [5.41, 5.74) is 18.2. The second-order valence-corrected chi connectivity index (χ2v) is 37.4. The van der Waals surface area contributed by atoms with Crippen molar-refractivity contribution in [3.05, 3.63) is 240 Å². The number of carboxylic acid groups (broad SMARTS) is 4. The van der Waals surface area contributed by atoms with Crippen LogP contribution in [0.25, 0.3) is 24.3 Å². The lowest BCUT2D eigenvalue weighted by Gasteiger charge is -2.27. The Hall–Kier alpha value is -11.2. The summed E-state index contributed by atoms with van der Waals surface area (Å²) in [7, 11) is 4.94. The van der Waals surface area contributed by atoms with Gasteiger partial charge in [-0.15, -0.1) is 0 Å². The topological polar surface area (TPSA) is 271 Å². The van der Waals surface area contributed by atoms with Gasteiger partial charge >= 0.3 is 23.9 Å². The second kappa shape index (κ2) is 36.7. The van der Waals surface area contributed by atoms with Crippen molar-refractivity contribution in [3.63, 3.8) is 0 Å². The number of thiocarbonyl (C=S) groups is 4. The fourth-order valence-electron chi connectivity index (χ4n) is 18.3. The molecule has 8 aromatic rings. The van der Waals surface area contributed by atoms with Crippen LogP contribution in [0.2, 0.25) is 0 Å². The molecule has 3 aliphatic carbocycles. The molecule has 6 unspecified atom stereocenters. The lowest BCUT2D eigenvalue weighted by atomic mass is 9.96. The van der Waals surface area contributed by atoms with Crippen molar-refractivity contribution in [2.75, 3.05) is 73.7 Å². The van der Waals surface area contributed by atoms with Crippen molar-refractivity contribution in [3.8, 4) is 17.2 Å². The first kappa shape index (κ1) is 85.4. The summed E-state index contributed by atoms with van der Waals surface area (Å²) in [6, 6.07) is 61.3. The number of ether oxygens (including phenoxy) is 3. The third-order valence-corrected chi connectivity index (χ3v) is 29.0. The Labute approximate surface area is 748 Å². The molecule has 3 saturated carbocycles. The van der Waals surface area contributed by atoms with E-state index in [1.54, 1.807) is 27.4 Å². The number of fused-ring (bicyclic) bond motifs is 10. The van der Waals surface area contributed by atoms with Crippen LogP contribution >= 0.6 is 95.9 Å². The van der Waals surface area contributed by atoms with Crippen molar-refractivity contribution < 1.29 is 73.0 Å². The molecule has 31 heteroatoms. The van der Waals surface area contributed by atoms with Gasteiger partial charge < -0.3 is 54.2 Å². The van der Waals surface area contributed by atoms with Crippen LogP contribution < -0.4 is 33.8 Å². The predicted octanol–water partition coefficient (Wildman–Crippen LogP) is 18.0. The third-order valence-electron chi connectivity index (χ3n) is 23.5. The Balaban J connectivity index is 0.000000122. The van der Waals surface area contributed by atoms with Crippen LogP contribution in [-0.4, -0.2) is 177 Å². The Morgan fingerprint density at radius 2 is 0.707 bits per heavy atom. The highest BCUT2D eigenvalue weighted by molar-refractivity contribution is 8.28. The number of hydrogen-bond acceptors (Lipinski definition) is 23. The minimum Gasteiger partial charge on any atom is -0.497 e. The Morgan fingerprint density at radius 1 is 0.374 bits per heavy atom. The molecule has 6 atom stereocenters. The number of nitrogens with zero attached hydrogens (tertiary/aromatic N) is 8. The fourth-order valence-corrected chi connectivity index (χ4v) is 23.3. The standard InChI is InChI=1S/C25H24N2O5S2.C24H22N2O4S2.C23H20N2O3S2.C20H16N2O3S2/c1-31-20-9-7-15(12-21(20)32-2)27-18-5-3-4-16(18)17-10-14(6-8-19(17)27)11-22-24(30)26(13-23(28)29)25(33)34-22;1-30-16-8-6-15(7-9-16)26-19-4-2-3-17(19)18-11-14(5-10-20(18)26)12-21-23(29)25(13-22(27)28)24(31)32-21;26-21(27)13-24-22(28)20(30-23(24)29)12-14-9-10-19-17(11-14)16-7-4-8-18(16)25(19)15-5-2-1-3-6-15;23-18(24)12-22-19(25)17(27-20(22)26)11-13-6-7-16-14(10-13)8-9-21(16)15-4-2-1-3-5-15/h6-12,16,18H,3-5,13H2,1-2H3,(H,28,29);5-12,17,19H,2-4,13H2,1H3,(H,27,28);1-3,5-6,9-12,16,18H,4,7-8,13H2,(H,26,27);1-7,10-11H,8-9,12H2,(H,23,24)/b22-11-;21-12-;20-12-;17-11-. The van der Waals surface area contributed by atoms with Gasteiger partial charge in [-0.2, -0.15) is 0 Å². The van der Waals surface area contributed by atoms with Gasteiger partial charge in [-0.1, -0.05) is 176 Å². The molecule has 0 radical (unpaired) electrons. The number of anilines is 8. The minimum absolute atomic E-state index is 0.273. The number of aliphatic carboxylic acids is 4. The van der Waals surface area contributed by atoms with Crippen LogP contribution in [0.4, 0.5) is 45.5 Å². The first-order valence-corrected chi connectivity index (χ1v) is 44.9. The second-order valence-electron chi connectivity index (χ2n) is 30.7. The maximum atomic E-state index is 12.7. The van der Waals surface area contributed by atoms with Gasteiger partial charge in [-0.25, -0.2) is 0 Å². The molecule has 4 amide bonds. The quantitative estimate of drug-likeness (QED) is 0.0433. The van der Waals surface area contributed by atoms with Crippen LogP contribution in [0.1, 0.15) is 120 Å². The lowest BCUT2D eigenvalue weighted by molar-refractivity contribution is -0.140. The zero-order valence-corrected chi connectivity index (χ0v) is 73.3. The van der Waals surface area contributed by atoms with Gasteiger partial charge in [0.1, 0.15) is 49.2 Å². The summed E-state index contributed by atoms with van der Waals surface area (Å²) in [6.45, 7) is -0.716. The highest BCUT2D eigenvalue weighted by Crippen LogP contribution is 2.57. The largest absolute Gasteiger partial charge is 0.497 e. The van der Waals surface area contributed by atoms with Crippen molar-refractivity contribution in [2.45, 2.75) is 100 Å². The first-order valence-electron chi connectivity index (χ1n) is 40.0. The van der Waals surface area contributed by atoms with E-state index < -0.39 is 50.1 Å². The molecule has 123 heavy (non-hydrogen) atoms. The average molecular weight is 1800 g/mol. The van der Waals surface area contributed by atoms with E-state index in [0.29, 0.717) is 71.3 Å². The molecule has 4 N–H and O–H groups in total. The first-order chi connectivity index (χ1) is 59.4. The van der Waals surface area contributed by atoms with Crippen LogP contribution in [0.3, 0.4) is 0 Å². The van der Waals surface area contributed by atoms with Crippen LogP contribution in [0.5, 0.6) is 17.2 Å². The number of benzene rings is 8. The number of rotatable bonds is 19. The normalized spacial score (nSPS) is 21.9. The molecule has 628 valence electrons. The van der Waals surface area contributed by atoms with Gasteiger partial charge in [0.25, 0.3) is 23.6 Å². The number of methoxy groups -OCH3 is 3. The van der Waals surface area contributed by atoms with E-state index >= 15 is 0 Å². The number of carbonyl (C=O) groups excluding carboxylic acids is 4. The highest BCUT2D eigenvalue weighted by atomic mass is 32.2. The average Bonchev–Trinajstić information content (AvgIpc) is 1.57. The van der Waals surface area contributed by atoms with E-state index in [-0.39, 0.29) is 36.6 Å². The predicted molar refractivity (Wildman–Crippen MR) is 500 cm³/mol. The molecule has 11 aliphatic rings. The molecule has 8 heterocycles. The van der Waals surface area contributed by atoms with E-state index in [4.69, 9.17) is 83.5 Å². The molecule has 0 spiro atoms. The summed E-state index contributed by atoms with van der Waals surface area (Å²) >= 11 is 25.4. The van der Waals surface area contributed by atoms with Gasteiger partial charge in [-0.05, 0) is 223 Å². The Kier molecular flexibility index (Phi) is 25.5. The Bertz CT molecular complexity index is 5830. The molecule has 0 aromatic heterocycles. The van der Waals surface area contributed by atoms with Crippen LogP contribution in [0, 0.1) is 0 Å². The molecule has 23 nitrogen and oxygen atoms in total. The SMILES string of the molecule is COc1ccc(N2c3ccc(/C=C4\SC(=S)N(CC(=O)O)C4=O)cc3C3CCCC32)cc1.COc1ccc(N2c3ccc(/C=C4\SC(=S)N(CC(=O)O)C4=O)cc3C3CCCC32)cc1OC.O=C(O)CN1C(=O)/C(=C/c2ccc3c(c2)C2CCCC2N3c2ccccc2)SC1=S.O=C(O)CN1C(=O)/C(=C/c2ccc3c(c2)CCN3c2ccccc2)SC1=S. The van der Waals surface area contributed by atoms with Crippen molar-refractivity contribution in [1.82, 2.24) is 19.6 Å². The smallest absolute Gasteiger partial charge is 0.323 e. The van der Waals surface area contributed by atoms with Crippen LogP contribution in [0.15, 0.2) is 196 Å². The zero-order valence-electron chi connectivity index (χ0n) is 66.7. The highest BCUT2D eigenvalue weighted by Gasteiger charge is 2.47. The van der Waals surface area contributed by atoms with Crippen LogP contribution in [-0.2, 0) is 44.8 Å². The van der Waals surface area contributed by atoms with Gasteiger partial charge in [-0.3, -0.25) is 58.0 Å². The number of para-hydroxylation sites is 2. The van der Waals surface area contributed by atoms with Gasteiger partial charge in [0.05, 0.1) is 40.9 Å². The van der Waals surface area contributed by atoms with Gasteiger partial charge in [0, 0.05) is 94.0 Å². The molecule has 0 bridgehead atoms. The molecule has 19 rings (SSSR count). The van der Waals surface area contributed by atoms with Gasteiger partial charge in [0.2, 0.25) is 0 Å². The number of carboxylic acids is 4. The number of hydrogen-bond donors (Lipinski definition) is 4. The summed E-state index contributed by atoms with van der Waals surface area (Å²) in [4.78, 5) is 110. The maximum Gasteiger partial charge on any atom is 0.323 e. The molecular formula is C92H82N8O15S8. The monoisotopic (exact) mass is 1790 g/mol. The van der Waals surface area contributed by atoms with Gasteiger partial charge in [0.15, 0.2) is 11.5 Å². The molecule has 7 fully saturated rings.